The van der Waals surface area contributed by atoms with Crippen molar-refractivity contribution in [3.63, 3.8) is 0 Å². The van der Waals surface area contributed by atoms with Crippen molar-refractivity contribution in [3.05, 3.63) is 42.3 Å². The Balaban J connectivity index is 2.52. The summed E-state index contributed by atoms with van der Waals surface area (Å²) in [6, 6.07) is 3.15. The lowest BCUT2D eigenvalue weighted by Crippen LogP contribution is -2.22. The predicted octanol–water partition coefficient (Wildman–Crippen LogP) is 2.42. The Hall–Kier alpha value is -2.05. The lowest BCUT2D eigenvalue weighted by Gasteiger charge is -2.12. The third kappa shape index (κ3) is 4.74. The molecular weight excluding hydrogens is 362 g/mol. The number of aromatic nitrogens is 1. The molecule has 2 aromatic rings. The van der Waals surface area contributed by atoms with Crippen LogP contribution in [0.15, 0.2) is 16.9 Å². The number of aromatic hydroxyl groups is 1. The highest BCUT2D eigenvalue weighted by atomic mass is 35.5. The maximum Gasteiger partial charge on any atom is 0.266 e. The molecule has 0 aliphatic rings. The van der Waals surface area contributed by atoms with E-state index in [1.807, 2.05) is 20.8 Å². The van der Waals surface area contributed by atoms with Crippen molar-refractivity contribution in [3.8, 4) is 11.5 Å². The maximum absolute atomic E-state index is 12.1. The Bertz CT molecular complexity index is 966. The van der Waals surface area contributed by atoms with Crippen LogP contribution in [0, 0.1) is 5.41 Å². The van der Waals surface area contributed by atoms with Crippen molar-refractivity contribution in [2.75, 3.05) is 6.61 Å². The van der Waals surface area contributed by atoms with Gasteiger partial charge >= 0.3 is 0 Å². The Morgan fingerprint density at radius 3 is 2.68 bits per heavy atom. The molecule has 1 aromatic carbocycles. The number of H-pyrrole nitrogens is 1. The van der Waals surface area contributed by atoms with Crippen LogP contribution in [0.3, 0.4) is 0 Å². The van der Waals surface area contributed by atoms with E-state index in [1.165, 1.54) is 17.4 Å². The summed E-state index contributed by atoms with van der Waals surface area (Å²) >= 11 is 7.18. The fourth-order valence-corrected chi connectivity index (χ4v) is 3.06. The highest BCUT2D eigenvalue weighted by Crippen LogP contribution is 2.35. The number of aromatic amines is 1. The fraction of sp³-hybridized carbons (Fsp3) is 0.333. The minimum atomic E-state index is -0.512. The monoisotopic (exact) mass is 381 g/mol. The van der Waals surface area contributed by atoms with Gasteiger partial charge in [-0.15, -0.1) is 11.3 Å². The summed E-state index contributed by atoms with van der Waals surface area (Å²) in [6.45, 7) is 7.62. The molecule has 134 valence electrons. The first kappa shape index (κ1) is 19.3. The standard InChI is InChI=1S/C18H20ClNO4S/c1-5-24-12-7-10(6-11(19)16(12)22)8-13-17(23)20-15(25-13)9-14(21)18(2,3)4/h6-9,22H,5H2,1-4H3,(H,20,23). The number of halogens is 1. The molecule has 0 fully saturated rings. The van der Waals surface area contributed by atoms with E-state index in [2.05, 4.69) is 4.98 Å². The normalized spacial score (nSPS) is 13.3. The van der Waals surface area contributed by atoms with E-state index in [1.54, 1.807) is 25.1 Å². The van der Waals surface area contributed by atoms with Gasteiger partial charge in [0, 0.05) is 11.5 Å². The van der Waals surface area contributed by atoms with Gasteiger partial charge in [-0.05, 0) is 30.7 Å². The van der Waals surface area contributed by atoms with E-state index in [0.717, 1.165) is 0 Å². The van der Waals surface area contributed by atoms with E-state index in [4.69, 9.17) is 16.3 Å². The Kier molecular flexibility index (Phi) is 5.75. The molecule has 5 nitrogen and oxygen atoms in total. The summed E-state index contributed by atoms with van der Waals surface area (Å²) in [5.74, 6) is 0.0531. The van der Waals surface area contributed by atoms with Gasteiger partial charge in [0.25, 0.3) is 5.56 Å². The molecular formula is C18H20ClNO4S. The van der Waals surface area contributed by atoms with Crippen LogP contribution in [0.4, 0.5) is 0 Å². The third-order valence-corrected chi connectivity index (χ3v) is 4.58. The highest BCUT2D eigenvalue weighted by molar-refractivity contribution is 7.07. The van der Waals surface area contributed by atoms with Crippen LogP contribution in [0.1, 0.15) is 33.3 Å². The molecule has 2 rings (SSSR count). The number of phenolic OH excluding ortho intramolecular Hbond substituents is 1. The van der Waals surface area contributed by atoms with Gasteiger partial charge in [0.2, 0.25) is 0 Å². The molecule has 0 radical (unpaired) electrons. The number of carbonyl (C=O) groups is 1. The molecule has 2 N–H and O–H groups in total. The second-order valence-corrected chi connectivity index (χ2v) is 7.96. The van der Waals surface area contributed by atoms with Crippen molar-refractivity contribution in [2.45, 2.75) is 27.7 Å². The Labute approximate surface area is 154 Å². The maximum atomic E-state index is 12.1. The third-order valence-electron chi connectivity index (χ3n) is 3.33. The van der Waals surface area contributed by atoms with Crippen LogP contribution in [0.5, 0.6) is 11.5 Å². The summed E-state index contributed by atoms with van der Waals surface area (Å²) in [6.07, 6.45) is 3.08. The molecule has 0 aliphatic heterocycles. The SMILES string of the molecule is CCOc1cc(C=c2sc(=CC(=O)C(C)(C)C)[nH]c2=O)cc(Cl)c1O. The summed E-state index contributed by atoms with van der Waals surface area (Å²) in [7, 11) is 0. The minimum absolute atomic E-state index is 0.0668. The molecule has 0 bridgehead atoms. The van der Waals surface area contributed by atoms with Crippen LogP contribution < -0.4 is 19.5 Å². The number of phenols is 1. The molecule has 0 amide bonds. The van der Waals surface area contributed by atoms with Crippen molar-refractivity contribution in [2.24, 2.45) is 5.41 Å². The van der Waals surface area contributed by atoms with Gasteiger partial charge in [-0.1, -0.05) is 32.4 Å². The van der Waals surface area contributed by atoms with E-state index in [-0.39, 0.29) is 27.9 Å². The smallest absolute Gasteiger partial charge is 0.266 e. The van der Waals surface area contributed by atoms with E-state index in [9.17, 15) is 14.7 Å². The lowest BCUT2D eigenvalue weighted by atomic mass is 9.91. The summed E-state index contributed by atoms with van der Waals surface area (Å²) < 4.78 is 6.25. The van der Waals surface area contributed by atoms with Gasteiger partial charge in [-0.2, -0.15) is 0 Å². The quantitative estimate of drug-likeness (QED) is 0.852. The van der Waals surface area contributed by atoms with Crippen molar-refractivity contribution >= 4 is 40.9 Å². The van der Waals surface area contributed by atoms with E-state index >= 15 is 0 Å². The van der Waals surface area contributed by atoms with Crippen LogP contribution >= 0.6 is 22.9 Å². The predicted molar refractivity (Wildman–Crippen MR) is 101 cm³/mol. The Morgan fingerprint density at radius 2 is 2.08 bits per heavy atom. The highest BCUT2D eigenvalue weighted by Gasteiger charge is 2.18. The number of nitrogens with one attached hydrogen (secondary N) is 1. The molecule has 7 heteroatoms. The number of Topliss-reactive ketones (excluding diaryl/α,β-unsaturated/α-hetero) is 1. The fourth-order valence-electron chi connectivity index (χ4n) is 1.95. The number of hydrogen-bond donors (Lipinski definition) is 2. The van der Waals surface area contributed by atoms with Gasteiger partial charge in [0.05, 0.1) is 20.8 Å². The zero-order valence-electron chi connectivity index (χ0n) is 14.5. The number of benzene rings is 1. The first-order valence-corrected chi connectivity index (χ1v) is 8.93. The number of rotatable bonds is 4. The second-order valence-electron chi connectivity index (χ2n) is 6.47. The Morgan fingerprint density at radius 1 is 1.40 bits per heavy atom. The zero-order valence-corrected chi connectivity index (χ0v) is 16.0. The van der Waals surface area contributed by atoms with Gasteiger partial charge in [0.1, 0.15) is 0 Å². The van der Waals surface area contributed by atoms with Crippen molar-refractivity contribution in [1.82, 2.24) is 4.98 Å². The van der Waals surface area contributed by atoms with Crippen LogP contribution in [-0.2, 0) is 4.79 Å². The number of carbonyl (C=O) groups excluding carboxylic acids is 1. The van der Waals surface area contributed by atoms with Crippen molar-refractivity contribution < 1.29 is 14.6 Å². The number of ketones is 1. The largest absolute Gasteiger partial charge is 0.503 e. The van der Waals surface area contributed by atoms with Gasteiger partial charge in [-0.25, -0.2) is 0 Å². The molecule has 0 spiro atoms. The molecule has 0 saturated heterocycles. The lowest BCUT2D eigenvalue weighted by molar-refractivity contribution is -0.119. The first-order chi connectivity index (χ1) is 11.6. The molecule has 0 atom stereocenters. The van der Waals surface area contributed by atoms with Gasteiger partial charge in [-0.3, -0.25) is 9.59 Å². The molecule has 0 unspecified atom stereocenters. The average molecular weight is 382 g/mol. The average Bonchev–Trinajstić information content (AvgIpc) is 2.83. The second kappa shape index (κ2) is 7.45. The topological polar surface area (TPSA) is 79.4 Å². The number of ether oxygens (including phenoxy) is 1. The van der Waals surface area contributed by atoms with Crippen molar-refractivity contribution in [1.29, 1.82) is 0 Å². The summed E-state index contributed by atoms with van der Waals surface area (Å²) in [4.78, 5) is 26.9. The summed E-state index contributed by atoms with van der Waals surface area (Å²) in [5.41, 5.74) is -0.186. The zero-order chi connectivity index (χ0) is 18.8. The van der Waals surface area contributed by atoms with E-state index in [0.29, 0.717) is 21.4 Å². The minimum Gasteiger partial charge on any atom is -0.503 e. The molecule has 1 heterocycles. The number of hydrogen-bond acceptors (Lipinski definition) is 5. The van der Waals surface area contributed by atoms with Crippen LogP contribution in [0.2, 0.25) is 5.02 Å². The molecule has 25 heavy (non-hydrogen) atoms. The molecule has 1 aromatic heterocycles. The first-order valence-electron chi connectivity index (χ1n) is 7.74. The molecule has 0 saturated carbocycles. The summed E-state index contributed by atoms with van der Waals surface area (Å²) in [5, 5.41) is 10.0. The van der Waals surface area contributed by atoms with Crippen LogP contribution in [-0.4, -0.2) is 22.5 Å². The van der Waals surface area contributed by atoms with E-state index < -0.39 is 5.41 Å². The molecule has 0 aliphatic carbocycles. The van der Waals surface area contributed by atoms with Crippen LogP contribution in [0.25, 0.3) is 12.2 Å². The number of thiazole rings is 1. The van der Waals surface area contributed by atoms with Gasteiger partial charge in [0.15, 0.2) is 17.3 Å². The van der Waals surface area contributed by atoms with Gasteiger partial charge < -0.3 is 14.8 Å².